The average molecular weight is 305 g/mol. The van der Waals surface area contributed by atoms with Crippen LogP contribution in [-0.2, 0) is 5.33 Å². The molecule has 0 N–H and O–H groups in total. The van der Waals surface area contributed by atoms with E-state index in [2.05, 4.69) is 40.7 Å². The number of anilines is 1. The van der Waals surface area contributed by atoms with Gasteiger partial charge in [0.1, 0.15) is 0 Å². The minimum Gasteiger partial charge on any atom is -0.371 e. The van der Waals surface area contributed by atoms with E-state index in [1.165, 1.54) is 11.3 Å². The van der Waals surface area contributed by atoms with Crippen molar-refractivity contribution < 1.29 is 0 Å². The lowest BCUT2D eigenvalue weighted by molar-refractivity contribution is 0.742. The Morgan fingerprint density at radius 1 is 1.19 bits per heavy atom. The number of benzene rings is 1. The molecule has 0 aliphatic heterocycles. The number of rotatable bonds is 6. The van der Waals surface area contributed by atoms with Crippen molar-refractivity contribution >= 4 is 33.2 Å². The van der Waals surface area contributed by atoms with E-state index in [-0.39, 0.29) is 0 Å². The van der Waals surface area contributed by atoms with Crippen molar-refractivity contribution in [3.63, 3.8) is 0 Å². The van der Waals surface area contributed by atoms with Crippen LogP contribution >= 0.6 is 27.5 Å². The Morgan fingerprint density at radius 2 is 1.81 bits per heavy atom. The molecule has 16 heavy (non-hydrogen) atoms. The first kappa shape index (κ1) is 13.9. The molecule has 3 heteroatoms. The fourth-order valence-corrected chi connectivity index (χ4v) is 2.86. The fraction of sp³-hybridized carbons (Fsp3) is 0.538. The summed E-state index contributed by atoms with van der Waals surface area (Å²) >= 11 is 9.74. The predicted octanol–water partition coefficient (Wildman–Crippen LogP) is 4.86. The fourth-order valence-electron chi connectivity index (χ4n) is 1.87. The van der Waals surface area contributed by atoms with Gasteiger partial charge in [-0.2, -0.15) is 0 Å². The molecule has 0 heterocycles. The molecule has 0 spiro atoms. The summed E-state index contributed by atoms with van der Waals surface area (Å²) in [6, 6.07) is 6.15. The van der Waals surface area contributed by atoms with Crippen LogP contribution in [0.5, 0.6) is 0 Å². The first-order valence-electron chi connectivity index (χ1n) is 5.82. The van der Waals surface area contributed by atoms with Gasteiger partial charge in [-0.1, -0.05) is 47.4 Å². The average Bonchev–Trinajstić information content (AvgIpc) is 2.28. The second-order valence-electron chi connectivity index (χ2n) is 3.86. The van der Waals surface area contributed by atoms with Crippen LogP contribution in [0.25, 0.3) is 0 Å². The van der Waals surface area contributed by atoms with Gasteiger partial charge in [-0.15, -0.1) is 0 Å². The lowest BCUT2D eigenvalue weighted by Crippen LogP contribution is -2.25. The van der Waals surface area contributed by atoms with Crippen LogP contribution < -0.4 is 4.90 Å². The van der Waals surface area contributed by atoms with Gasteiger partial charge in [-0.3, -0.25) is 0 Å². The Hall–Kier alpha value is -0.210. The van der Waals surface area contributed by atoms with Crippen LogP contribution in [0.1, 0.15) is 32.3 Å². The van der Waals surface area contributed by atoms with E-state index < -0.39 is 0 Å². The zero-order valence-electron chi connectivity index (χ0n) is 9.97. The summed E-state index contributed by atoms with van der Waals surface area (Å²) in [5.41, 5.74) is 2.47. The maximum Gasteiger partial charge on any atom is 0.0467 e. The van der Waals surface area contributed by atoms with Crippen molar-refractivity contribution in [1.29, 1.82) is 0 Å². The highest BCUT2D eigenvalue weighted by Crippen LogP contribution is 2.29. The maximum atomic E-state index is 6.22. The van der Waals surface area contributed by atoms with Gasteiger partial charge >= 0.3 is 0 Å². The molecule has 1 rings (SSSR count). The first-order valence-corrected chi connectivity index (χ1v) is 7.32. The molecule has 0 fully saturated rings. The predicted molar refractivity (Wildman–Crippen MR) is 76.9 cm³/mol. The van der Waals surface area contributed by atoms with Crippen LogP contribution in [0.15, 0.2) is 18.2 Å². The molecular weight excluding hydrogens is 286 g/mol. The van der Waals surface area contributed by atoms with E-state index in [1.807, 2.05) is 12.1 Å². The van der Waals surface area contributed by atoms with E-state index in [1.54, 1.807) is 0 Å². The zero-order chi connectivity index (χ0) is 12.0. The standard InChI is InChI=1S/C13H19BrClN/c1-3-8-16(9-4-2)13-7-5-6-12(15)11(13)10-14/h5-7H,3-4,8-10H2,1-2H3. The van der Waals surface area contributed by atoms with Gasteiger partial charge in [0.15, 0.2) is 0 Å². The number of hydrogen-bond acceptors (Lipinski definition) is 1. The SMILES string of the molecule is CCCN(CCC)c1cccc(Cl)c1CBr. The molecule has 90 valence electrons. The number of alkyl halides is 1. The molecule has 0 amide bonds. The van der Waals surface area contributed by atoms with Gasteiger partial charge in [0.05, 0.1) is 0 Å². The van der Waals surface area contributed by atoms with Crippen LogP contribution in [0.2, 0.25) is 5.02 Å². The molecule has 0 saturated carbocycles. The Morgan fingerprint density at radius 3 is 2.31 bits per heavy atom. The van der Waals surface area contributed by atoms with Crippen molar-refractivity contribution in [2.45, 2.75) is 32.0 Å². The van der Waals surface area contributed by atoms with Crippen molar-refractivity contribution in [1.82, 2.24) is 0 Å². The molecular formula is C13H19BrClN. The number of hydrogen-bond donors (Lipinski definition) is 0. The summed E-state index contributed by atoms with van der Waals surface area (Å²) in [5, 5.41) is 1.66. The van der Waals surface area contributed by atoms with E-state index in [0.717, 1.165) is 36.3 Å². The van der Waals surface area contributed by atoms with Gasteiger partial charge in [-0.05, 0) is 25.0 Å². The van der Waals surface area contributed by atoms with Crippen molar-refractivity contribution in [2.24, 2.45) is 0 Å². The Bertz CT molecular complexity index is 322. The Kier molecular flexibility index (Phi) is 6.22. The molecule has 0 saturated heterocycles. The van der Waals surface area contributed by atoms with Crippen molar-refractivity contribution in [3.05, 3.63) is 28.8 Å². The maximum absolute atomic E-state index is 6.22. The van der Waals surface area contributed by atoms with Crippen LogP contribution in [0.3, 0.4) is 0 Å². The molecule has 1 nitrogen and oxygen atoms in total. The summed E-state index contributed by atoms with van der Waals surface area (Å²) in [5.74, 6) is 0. The first-order chi connectivity index (χ1) is 7.74. The summed E-state index contributed by atoms with van der Waals surface area (Å²) < 4.78 is 0. The van der Waals surface area contributed by atoms with Crippen LogP contribution in [-0.4, -0.2) is 13.1 Å². The highest BCUT2D eigenvalue weighted by Gasteiger charge is 2.11. The smallest absolute Gasteiger partial charge is 0.0467 e. The van der Waals surface area contributed by atoms with E-state index >= 15 is 0 Å². The normalized spacial score (nSPS) is 10.5. The minimum atomic E-state index is 0.811. The summed E-state index contributed by atoms with van der Waals surface area (Å²) in [7, 11) is 0. The Labute approximate surface area is 112 Å². The number of nitrogens with zero attached hydrogens (tertiary/aromatic N) is 1. The third kappa shape index (κ3) is 3.39. The topological polar surface area (TPSA) is 3.24 Å². The lowest BCUT2D eigenvalue weighted by atomic mass is 10.1. The second-order valence-corrected chi connectivity index (χ2v) is 4.83. The lowest BCUT2D eigenvalue weighted by Gasteiger charge is -2.26. The quantitative estimate of drug-likeness (QED) is 0.678. The molecule has 0 aromatic heterocycles. The van der Waals surface area contributed by atoms with Crippen molar-refractivity contribution in [3.8, 4) is 0 Å². The van der Waals surface area contributed by atoms with E-state index in [9.17, 15) is 0 Å². The molecule has 0 aliphatic carbocycles. The van der Waals surface area contributed by atoms with E-state index in [0.29, 0.717) is 0 Å². The van der Waals surface area contributed by atoms with Gasteiger partial charge < -0.3 is 4.90 Å². The molecule has 0 unspecified atom stereocenters. The minimum absolute atomic E-state index is 0.811. The molecule has 0 bridgehead atoms. The number of halogens is 2. The van der Waals surface area contributed by atoms with Gasteiger partial charge in [0.2, 0.25) is 0 Å². The largest absolute Gasteiger partial charge is 0.371 e. The van der Waals surface area contributed by atoms with E-state index in [4.69, 9.17) is 11.6 Å². The molecule has 0 radical (unpaired) electrons. The zero-order valence-corrected chi connectivity index (χ0v) is 12.3. The molecule has 1 aromatic rings. The summed E-state index contributed by atoms with van der Waals surface area (Å²) in [6.07, 6.45) is 2.32. The molecule has 1 aromatic carbocycles. The van der Waals surface area contributed by atoms with Crippen LogP contribution in [0.4, 0.5) is 5.69 Å². The van der Waals surface area contributed by atoms with Gasteiger partial charge in [0, 0.05) is 34.7 Å². The second kappa shape index (κ2) is 7.18. The summed E-state index contributed by atoms with van der Waals surface area (Å²) in [6.45, 7) is 6.60. The molecule has 0 atom stereocenters. The third-order valence-corrected chi connectivity index (χ3v) is 3.47. The van der Waals surface area contributed by atoms with Crippen molar-refractivity contribution in [2.75, 3.05) is 18.0 Å². The highest BCUT2D eigenvalue weighted by atomic mass is 79.9. The highest BCUT2D eigenvalue weighted by molar-refractivity contribution is 9.08. The van der Waals surface area contributed by atoms with Crippen LogP contribution in [0, 0.1) is 0 Å². The molecule has 0 aliphatic rings. The third-order valence-electron chi connectivity index (χ3n) is 2.56. The van der Waals surface area contributed by atoms with Gasteiger partial charge in [-0.25, -0.2) is 0 Å². The Balaban J connectivity index is 3.02. The monoisotopic (exact) mass is 303 g/mol. The summed E-state index contributed by atoms with van der Waals surface area (Å²) in [4.78, 5) is 2.42. The van der Waals surface area contributed by atoms with Gasteiger partial charge in [0.25, 0.3) is 0 Å².